The van der Waals surface area contributed by atoms with E-state index in [9.17, 15) is 0 Å². The topological polar surface area (TPSA) is 24.7 Å². The zero-order chi connectivity index (χ0) is 39.8. The van der Waals surface area contributed by atoms with E-state index in [1.807, 2.05) is 6.21 Å². The molecule has 0 fully saturated rings. The van der Waals surface area contributed by atoms with Crippen LogP contribution in [0.1, 0.15) is 231 Å². The zero-order valence-corrected chi connectivity index (χ0v) is 38.2. The van der Waals surface area contributed by atoms with Crippen LogP contribution in [0.5, 0.6) is 0 Å². The van der Waals surface area contributed by atoms with Crippen LogP contribution < -0.4 is 0 Å². The van der Waals surface area contributed by atoms with Crippen molar-refractivity contribution in [3.63, 3.8) is 0 Å². The number of benzene rings is 2. The van der Waals surface area contributed by atoms with E-state index in [4.69, 9.17) is 9.98 Å². The third-order valence-corrected chi connectivity index (χ3v) is 10.9. The normalized spacial score (nSPS) is 11.2. The molecule has 2 nitrogen and oxygen atoms in total. The first-order chi connectivity index (χ1) is 27.8. The summed E-state index contributed by atoms with van der Waals surface area (Å²) in [6.45, 7) is 6.83. The molecule has 0 spiro atoms. The second kappa shape index (κ2) is 40.2. The molecule has 0 saturated heterocycles. The number of rotatable bonds is 34. The van der Waals surface area contributed by atoms with Gasteiger partial charge in [0.05, 0.1) is 17.1 Å². The van der Waals surface area contributed by atoms with Gasteiger partial charge in [0, 0.05) is 48.4 Å². The number of aryl methyl sites for hydroxylation is 2. The van der Waals surface area contributed by atoms with Gasteiger partial charge in [0.1, 0.15) is 0 Å². The summed E-state index contributed by atoms with van der Waals surface area (Å²) in [5.74, 6) is 13.8. The second-order valence-electron chi connectivity index (χ2n) is 16.2. The van der Waals surface area contributed by atoms with Gasteiger partial charge in [-0.2, -0.15) is 0 Å². The van der Waals surface area contributed by atoms with Crippen LogP contribution in [0.2, 0.25) is 0 Å². The Hall–Kier alpha value is -2.61. The van der Waals surface area contributed by atoms with Gasteiger partial charge in [-0.05, 0) is 74.6 Å². The molecule has 0 aliphatic heterocycles. The summed E-state index contributed by atoms with van der Waals surface area (Å²) in [5.41, 5.74) is 5.82. The Kier molecular flexibility index (Phi) is 37.0. The van der Waals surface area contributed by atoms with Gasteiger partial charge < -0.3 is 0 Å². The van der Waals surface area contributed by atoms with Crippen LogP contribution in [0.15, 0.2) is 58.5 Å². The fraction of sp³-hybridized carbons (Fsp3) is 0.667. The number of nitrogens with zero attached hydrogens (tertiary/aromatic N) is 2. The first-order valence-electron chi connectivity index (χ1n) is 24.0. The Morgan fingerprint density at radius 1 is 0.421 bits per heavy atom. The first kappa shape index (κ1) is 52.4. The van der Waals surface area contributed by atoms with Gasteiger partial charge >= 0.3 is 0 Å². The molecule has 0 atom stereocenters. The Morgan fingerprint density at radius 2 is 0.772 bits per heavy atom. The standard InChI is InChI=1S/C54H84N2.Ni/c1-4-7-10-12-14-16-18-20-22-24-26-28-30-32-34-36-42-50-44-38-40-47-53(50)55-49-52(46-9-6-3)56-54-48-41-39-45-51(54)43-37-35-33-31-29-27-25-23-21-19-17-15-13-11-8-5-2;/h38-41,44-45,47-49H,4-29,34-37,42-43,46H2,1-3H3;/b55-49-,56-52+;. The second-order valence-corrected chi connectivity index (χ2v) is 16.2. The number of unbranched alkanes of at least 4 members (excludes halogenated alkanes) is 25. The SMILES string of the molecule is CCCCCCCCCCCCCC#CCCCc1ccccc1/N=C\C(CCCC)=N\c1ccccc1CCCC#CCCCCCCCCCCCCC.[Ni]. The Morgan fingerprint density at radius 3 is 1.21 bits per heavy atom. The largest absolute Gasteiger partial charge is 0.255 e. The van der Waals surface area contributed by atoms with Crippen molar-refractivity contribution in [2.24, 2.45) is 9.98 Å². The summed E-state index contributed by atoms with van der Waals surface area (Å²) in [7, 11) is 0. The van der Waals surface area contributed by atoms with E-state index in [2.05, 4.69) is 93.0 Å². The molecule has 3 heteroatoms. The Balaban J connectivity index is 0.0000162. The van der Waals surface area contributed by atoms with Crippen molar-refractivity contribution in [1.29, 1.82) is 0 Å². The summed E-state index contributed by atoms with van der Waals surface area (Å²) in [4.78, 5) is 10.2. The summed E-state index contributed by atoms with van der Waals surface area (Å²) in [6, 6.07) is 17.3. The number of hydrogen-bond acceptors (Lipinski definition) is 2. The predicted molar refractivity (Wildman–Crippen MR) is 251 cm³/mol. The van der Waals surface area contributed by atoms with E-state index in [1.54, 1.807) is 0 Å². The van der Waals surface area contributed by atoms with Crippen molar-refractivity contribution in [2.45, 2.75) is 233 Å². The van der Waals surface area contributed by atoms with Gasteiger partial charge in [0.2, 0.25) is 0 Å². The molecule has 0 unspecified atom stereocenters. The minimum atomic E-state index is 0. The van der Waals surface area contributed by atoms with E-state index in [1.165, 1.54) is 152 Å². The molecule has 320 valence electrons. The van der Waals surface area contributed by atoms with E-state index >= 15 is 0 Å². The third-order valence-electron chi connectivity index (χ3n) is 10.9. The summed E-state index contributed by atoms with van der Waals surface area (Å²) >= 11 is 0. The average molecular weight is 820 g/mol. The fourth-order valence-electron chi connectivity index (χ4n) is 7.33. The van der Waals surface area contributed by atoms with Crippen LogP contribution in [-0.2, 0) is 29.3 Å². The first-order valence-corrected chi connectivity index (χ1v) is 24.0. The van der Waals surface area contributed by atoms with Crippen LogP contribution in [0, 0.1) is 23.7 Å². The van der Waals surface area contributed by atoms with Crippen LogP contribution in [-0.4, -0.2) is 11.9 Å². The summed E-state index contributed by atoms with van der Waals surface area (Å²) in [6.07, 6.45) is 43.9. The van der Waals surface area contributed by atoms with Crippen molar-refractivity contribution in [2.75, 3.05) is 0 Å². The monoisotopic (exact) mass is 819 g/mol. The van der Waals surface area contributed by atoms with Crippen LogP contribution in [0.3, 0.4) is 0 Å². The maximum absolute atomic E-state index is 5.19. The van der Waals surface area contributed by atoms with Gasteiger partial charge in [0.25, 0.3) is 0 Å². The summed E-state index contributed by atoms with van der Waals surface area (Å²) in [5, 5.41) is 0. The molecule has 0 aromatic heterocycles. The third kappa shape index (κ3) is 30.1. The van der Waals surface area contributed by atoms with Gasteiger partial charge in [-0.3, -0.25) is 9.98 Å². The molecule has 2 aromatic rings. The van der Waals surface area contributed by atoms with Gasteiger partial charge in [0.15, 0.2) is 0 Å². The van der Waals surface area contributed by atoms with Crippen LogP contribution in [0.4, 0.5) is 11.4 Å². The molecule has 0 heterocycles. The molecule has 2 rings (SSSR count). The van der Waals surface area contributed by atoms with Crippen LogP contribution in [0.25, 0.3) is 0 Å². The van der Waals surface area contributed by atoms with Crippen molar-refractivity contribution >= 4 is 23.3 Å². The van der Waals surface area contributed by atoms with Crippen molar-refractivity contribution in [3.8, 4) is 23.7 Å². The molecular weight excluding hydrogens is 735 g/mol. The van der Waals surface area contributed by atoms with Gasteiger partial charge in [-0.1, -0.05) is 192 Å². The van der Waals surface area contributed by atoms with E-state index in [0.717, 1.165) is 87.7 Å². The predicted octanol–water partition coefficient (Wildman–Crippen LogP) is 17.4. The Labute approximate surface area is 364 Å². The Bertz CT molecular complexity index is 1400. The molecule has 0 aliphatic carbocycles. The fourth-order valence-corrected chi connectivity index (χ4v) is 7.33. The zero-order valence-electron chi connectivity index (χ0n) is 37.2. The minimum Gasteiger partial charge on any atom is -0.255 e. The summed E-state index contributed by atoms with van der Waals surface area (Å²) < 4.78 is 0. The van der Waals surface area contributed by atoms with Gasteiger partial charge in [-0.25, -0.2) is 0 Å². The van der Waals surface area contributed by atoms with Gasteiger partial charge in [-0.15, -0.1) is 23.7 Å². The molecule has 0 N–H and O–H groups in total. The maximum atomic E-state index is 5.19. The minimum absolute atomic E-state index is 0. The van der Waals surface area contributed by atoms with E-state index in [-0.39, 0.29) is 16.5 Å². The van der Waals surface area contributed by atoms with Crippen molar-refractivity contribution < 1.29 is 16.5 Å². The molecular formula is C54H84N2Ni. The maximum Gasteiger partial charge on any atom is 0.0665 e. The van der Waals surface area contributed by atoms with Crippen molar-refractivity contribution in [3.05, 3.63) is 59.7 Å². The van der Waals surface area contributed by atoms with Crippen LogP contribution >= 0.6 is 0 Å². The number of para-hydroxylation sites is 2. The number of aliphatic imine (C=N–C) groups is 2. The molecule has 0 bridgehead atoms. The molecule has 2 aromatic carbocycles. The molecule has 57 heavy (non-hydrogen) atoms. The number of hydrogen-bond donors (Lipinski definition) is 0. The quantitative estimate of drug-likeness (QED) is 0.0291. The molecule has 0 radical (unpaired) electrons. The smallest absolute Gasteiger partial charge is 0.0665 e. The average Bonchev–Trinajstić information content (AvgIpc) is 3.22. The molecule has 0 aliphatic rings. The molecule has 0 amide bonds. The van der Waals surface area contributed by atoms with Crippen molar-refractivity contribution in [1.82, 2.24) is 0 Å². The van der Waals surface area contributed by atoms with E-state index in [0.29, 0.717) is 0 Å². The van der Waals surface area contributed by atoms with E-state index < -0.39 is 0 Å². The molecule has 0 saturated carbocycles.